The molecule has 0 heterocycles. The fourth-order valence-electron chi connectivity index (χ4n) is 0.109. The Labute approximate surface area is 60.3 Å². The summed E-state index contributed by atoms with van der Waals surface area (Å²) in [7, 11) is -4.27. The van der Waals surface area contributed by atoms with Crippen molar-refractivity contribution >= 4 is 21.2 Å². The summed E-state index contributed by atoms with van der Waals surface area (Å²) in [5.74, 6) is 0. The lowest BCUT2D eigenvalue weighted by atomic mass is 13.0. The summed E-state index contributed by atoms with van der Waals surface area (Å²) in [6.45, 7) is 0. The van der Waals surface area contributed by atoms with Gasteiger partial charge in [0.05, 0.1) is 0 Å². The first-order valence-corrected chi connectivity index (χ1v) is 2.90. The first-order chi connectivity index (χ1) is 4.12. The quantitative estimate of drug-likeness (QED) is 0.262. The lowest BCUT2D eigenvalue weighted by molar-refractivity contribution is 0.599. The van der Waals surface area contributed by atoms with Gasteiger partial charge in [-0.05, 0) is 11.1 Å². The van der Waals surface area contributed by atoms with Gasteiger partial charge in [-0.2, -0.15) is 0 Å². The minimum atomic E-state index is -4.27. The van der Waals surface area contributed by atoms with E-state index in [4.69, 9.17) is 11.1 Å². The molecule has 0 unspecified atom stereocenters. The normalized spacial score (nSPS) is 8.00. The van der Waals surface area contributed by atoms with Gasteiger partial charge in [0, 0.05) is 29.8 Å². The molecule has 0 spiro atoms. The van der Waals surface area contributed by atoms with E-state index >= 15 is 0 Å². The molecule has 0 bridgehead atoms. The van der Waals surface area contributed by atoms with E-state index < -0.39 is 10.2 Å². The highest BCUT2D eigenvalue weighted by molar-refractivity contribution is 7.88. The molecular formula is N6O2SSi. The van der Waals surface area contributed by atoms with Crippen molar-refractivity contribution in [1.82, 2.24) is 0 Å². The Morgan fingerprint density at radius 1 is 1.10 bits per heavy atom. The summed E-state index contributed by atoms with van der Waals surface area (Å²) < 4.78 is 24.3. The van der Waals surface area contributed by atoms with E-state index in [-0.39, 0.29) is 11.0 Å². The van der Waals surface area contributed by atoms with Crippen LogP contribution >= 0.6 is 0 Å². The molecule has 52 valence electrons. The van der Waals surface area contributed by atoms with E-state index in [0.29, 0.717) is 0 Å². The number of nitrogens with zero attached hydrogens (tertiary/aromatic N) is 6. The molecule has 10 heteroatoms. The second-order valence-corrected chi connectivity index (χ2v) is 2.01. The van der Waals surface area contributed by atoms with E-state index in [9.17, 15) is 8.42 Å². The van der Waals surface area contributed by atoms with Crippen LogP contribution in [0.3, 0.4) is 0 Å². The molecule has 10 heavy (non-hydrogen) atoms. The molecule has 0 amide bonds. The maximum Gasteiger partial charge on any atom is 0.321 e. The first-order valence-electron chi connectivity index (χ1n) is 1.50. The van der Waals surface area contributed by atoms with Crippen LogP contribution in [-0.4, -0.2) is 19.4 Å². The van der Waals surface area contributed by atoms with Crippen molar-refractivity contribution in [2.45, 2.75) is 0 Å². The van der Waals surface area contributed by atoms with Crippen molar-refractivity contribution < 1.29 is 8.42 Å². The maximum atomic E-state index is 9.99. The van der Waals surface area contributed by atoms with Crippen LogP contribution in [0.1, 0.15) is 0 Å². The van der Waals surface area contributed by atoms with E-state index in [1.165, 1.54) is 0 Å². The fourth-order valence-corrected chi connectivity index (χ4v) is 0.326. The largest absolute Gasteiger partial charge is 0.321 e. The summed E-state index contributed by atoms with van der Waals surface area (Å²) in [4.78, 5) is 3.80. The van der Waals surface area contributed by atoms with Gasteiger partial charge in [0.15, 0.2) is 0 Å². The predicted octanol–water partition coefficient (Wildman–Crippen LogP) is 0.471. The van der Waals surface area contributed by atoms with Gasteiger partial charge in [-0.1, -0.05) is 0 Å². The van der Waals surface area contributed by atoms with Crippen LogP contribution in [0.15, 0.2) is 9.04 Å². The molecule has 0 atom stereocenters. The first kappa shape index (κ1) is 11.6. The Morgan fingerprint density at radius 3 is 1.60 bits per heavy atom. The van der Waals surface area contributed by atoms with Gasteiger partial charge >= 0.3 is 10.2 Å². The second-order valence-electron chi connectivity index (χ2n) is 0.790. The molecule has 0 rings (SSSR count). The van der Waals surface area contributed by atoms with E-state index in [0.717, 1.165) is 0 Å². The minimum Gasteiger partial charge on any atom is -0.213 e. The van der Waals surface area contributed by atoms with Crippen LogP contribution < -0.4 is 0 Å². The lowest BCUT2D eigenvalue weighted by Crippen LogP contribution is -1.82. The molecule has 0 aliphatic carbocycles. The zero-order valence-electron chi connectivity index (χ0n) is 4.41. The van der Waals surface area contributed by atoms with Gasteiger partial charge in [0.2, 0.25) is 0 Å². The van der Waals surface area contributed by atoms with Crippen LogP contribution in [0.4, 0.5) is 0 Å². The smallest absolute Gasteiger partial charge is 0.213 e. The van der Waals surface area contributed by atoms with Crippen molar-refractivity contribution in [3.63, 3.8) is 0 Å². The third kappa shape index (κ3) is 4.93. The van der Waals surface area contributed by atoms with Crippen LogP contribution in [0.25, 0.3) is 20.9 Å². The average Bonchev–Trinajstić information content (AvgIpc) is 1.64. The molecule has 0 saturated carbocycles. The van der Waals surface area contributed by atoms with Crippen molar-refractivity contribution in [2.24, 2.45) is 9.04 Å². The number of azide groups is 1. The molecule has 4 radical (unpaired) electrons. The highest BCUT2D eigenvalue weighted by Gasteiger charge is 1.99. The standard InChI is InChI=1S/N6O2S.Si/c1-3-5-9(7,8)6-4-2;. The highest BCUT2D eigenvalue weighted by atomic mass is 32.2. The van der Waals surface area contributed by atoms with Crippen molar-refractivity contribution in [3.8, 4) is 0 Å². The number of rotatable bonds is 2. The molecular weight excluding hydrogens is 176 g/mol. The van der Waals surface area contributed by atoms with E-state index in [2.05, 4.69) is 9.04 Å². The molecule has 0 aromatic heterocycles. The van der Waals surface area contributed by atoms with E-state index in [1.807, 2.05) is 9.82 Å². The SMILES string of the molecule is [N-]=[N+]=NS(=O)(=O)N=[N+]=[N-].[Si]. The van der Waals surface area contributed by atoms with Crippen LogP contribution in [-0.2, 0) is 10.2 Å². The van der Waals surface area contributed by atoms with Crippen LogP contribution in [0.5, 0.6) is 0 Å². The van der Waals surface area contributed by atoms with Gasteiger partial charge in [-0.3, -0.25) is 0 Å². The molecule has 0 N–H and O–H groups in total. The van der Waals surface area contributed by atoms with Gasteiger partial charge in [0.1, 0.15) is 0 Å². The van der Waals surface area contributed by atoms with Crippen LogP contribution in [0.2, 0.25) is 0 Å². The fraction of sp³-hybridized carbons (Fsp3) is 0. The molecule has 8 nitrogen and oxygen atoms in total. The van der Waals surface area contributed by atoms with Gasteiger partial charge in [-0.15, -0.1) is 0 Å². The Kier molecular flexibility index (Phi) is 5.37. The third-order valence-electron chi connectivity index (χ3n) is 0.279. The summed E-state index contributed by atoms with van der Waals surface area (Å²) in [5.41, 5.74) is 15.0. The summed E-state index contributed by atoms with van der Waals surface area (Å²) >= 11 is 0. The Morgan fingerprint density at radius 2 is 1.40 bits per heavy atom. The van der Waals surface area contributed by atoms with Crippen LogP contribution in [0, 0.1) is 0 Å². The van der Waals surface area contributed by atoms with Crippen molar-refractivity contribution in [2.75, 3.05) is 0 Å². The van der Waals surface area contributed by atoms with Gasteiger partial charge < -0.3 is 0 Å². The Bertz CT molecular complexity index is 253. The zero-order valence-corrected chi connectivity index (χ0v) is 6.22. The maximum absolute atomic E-state index is 9.99. The lowest BCUT2D eigenvalue weighted by Gasteiger charge is -1.73. The minimum absolute atomic E-state index is 0. The predicted molar refractivity (Wildman–Crippen MR) is 33.0 cm³/mol. The number of hydrogen-bond donors (Lipinski definition) is 0. The molecule has 0 saturated heterocycles. The van der Waals surface area contributed by atoms with Crippen molar-refractivity contribution in [1.29, 1.82) is 0 Å². The summed E-state index contributed by atoms with van der Waals surface area (Å²) in [5, 5.41) is 0. The topological polar surface area (TPSA) is 132 Å². The number of hydrogen-bond acceptors (Lipinski definition) is 2. The molecule has 0 aliphatic heterocycles. The average molecular weight is 176 g/mol. The second kappa shape index (κ2) is 4.65. The van der Waals surface area contributed by atoms with Crippen molar-refractivity contribution in [3.05, 3.63) is 20.9 Å². The summed E-state index contributed by atoms with van der Waals surface area (Å²) in [6, 6.07) is 0. The molecule has 0 aliphatic rings. The zero-order chi connectivity index (χ0) is 7.33. The molecule has 0 aromatic carbocycles. The van der Waals surface area contributed by atoms with Gasteiger partial charge in [-0.25, -0.2) is 8.42 Å². The molecule has 0 aromatic rings. The Balaban J connectivity index is 0. The molecule has 0 fully saturated rings. The van der Waals surface area contributed by atoms with E-state index in [1.54, 1.807) is 0 Å². The highest BCUT2D eigenvalue weighted by Crippen LogP contribution is 1.92. The summed E-state index contributed by atoms with van der Waals surface area (Å²) in [6.07, 6.45) is 0. The Hall–Kier alpha value is -1.21. The third-order valence-corrected chi connectivity index (χ3v) is 0.838. The monoisotopic (exact) mass is 176 g/mol. The van der Waals surface area contributed by atoms with Gasteiger partial charge in [0.25, 0.3) is 0 Å².